The van der Waals surface area contributed by atoms with E-state index in [4.69, 9.17) is 4.74 Å². The van der Waals surface area contributed by atoms with E-state index in [1.54, 1.807) is 27.7 Å². The number of hydrogen-bond acceptors (Lipinski definition) is 4. The fourth-order valence-electron chi connectivity index (χ4n) is 1.54. The minimum Gasteiger partial charge on any atom is -0.444 e. The highest BCUT2D eigenvalue weighted by Gasteiger charge is 2.15. The highest BCUT2D eigenvalue weighted by Crippen LogP contribution is 2.06. The number of aromatic amines is 1. The topological polar surface area (TPSA) is 93.2 Å². The highest BCUT2D eigenvalue weighted by atomic mass is 16.6. The van der Waals surface area contributed by atoms with Gasteiger partial charge in [-0.2, -0.15) is 0 Å². The SMILES string of the molecule is Cc1cn(CCCNC(=O)OC(C)(C)C)c(=O)[nH]c1=O. The molecule has 0 aliphatic rings. The maximum absolute atomic E-state index is 11.5. The van der Waals surface area contributed by atoms with Crippen LogP contribution in [0.25, 0.3) is 0 Å². The van der Waals surface area contributed by atoms with Gasteiger partial charge in [0.2, 0.25) is 0 Å². The van der Waals surface area contributed by atoms with Crippen LogP contribution >= 0.6 is 0 Å². The molecule has 112 valence electrons. The van der Waals surface area contributed by atoms with Crippen molar-refractivity contribution in [1.82, 2.24) is 14.9 Å². The molecule has 2 N–H and O–H groups in total. The van der Waals surface area contributed by atoms with Crippen molar-refractivity contribution in [2.45, 2.75) is 46.3 Å². The number of nitrogens with one attached hydrogen (secondary N) is 2. The number of rotatable bonds is 4. The third-order valence-electron chi connectivity index (χ3n) is 2.43. The van der Waals surface area contributed by atoms with Crippen molar-refractivity contribution in [2.75, 3.05) is 6.54 Å². The van der Waals surface area contributed by atoms with Crippen LogP contribution in [-0.2, 0) is 11.3 Å². The van der Waals surface area contributed by atoms with Crippen molar-refractivity contribution in [3.05, 3.63) is 32.6 Å². The maximum Gasteiger partial charge on any atom is 0.407 e. The molecule has 0 radical (unpaired) electrons. The van der Waals surface area contributed by atoms with Gasteiger partial charge in [0.15, 0.2) is 0 Å². The van der Waals surface area contributed by atoms with E-state index in [9.17, 15) is 14.4 Å². The summed E-state index contributed by atoms with van der Waals surface area (Å²) in [5, 5.41) is 2.61. The third-order valence-corrected chi connectivity index (χ3v) is 2.43. The molecular formula is C13H21N3O4. The number of nitrogens with zero attached hydrogens (tertiary/aromatic N) is 1. The lowest BCUT2D eigenvalue weighted by Crippen LogP contribution is -2.34. The average molecular weight is 283 g/mol. The number of hydrogen-bond donors (Lipinski definition) is 2. The maximum atomic E-state index is 11.5. The van der Waals surface area contributed by atoms with Crippen molar-refractivity contribution < 1.29 is 9.53 Å². The molecule has 0 atom stereocenters. The van der Waals surface area contributed by atoms with Crippen LogP contribution in [0.3, 0.4) is 0 Å². The van der Waals surface area contributed by atoms with Gasteiger partial charge in [0.05, 0.1) is 0 Å². The summed E-state index contributed by atoms with van der Waals surface area (Å²) < 4.78 is 6.49. The molecular weight excluding hydrogens is 262 g/mol. The Kier molecular flexibility index (Phi) is 5.12. The van der Waals surface area contributed by atoms with Crippen LogP contribution in [0.15, 0.2) is 15.8 Å². The molecule has 1 amide bonds. The smallest absolute Gasteiger partial charge is 0.407 e. The molecule has 1 rings (SSSR count). The predicted octanol–water partition coefficient (Wildman–Crippen LogP) is 0.760. The lowest BCUT2D eigenvalue weighted by molar-refractivity contribution is 0.0526. The highest BCUT2D eigenvalue weighted by molar-refractivity contribution is 5.67. The molecule has 7 nitrogen and oxygen atoms in total. The Balaban J connectivity index is 2.43. The van der Waals surface area contributed by atoms with E-state index in [-0.39, 0.29) is 5.56 Å². The first-order valence-electron chi connectivity index (χ1n) is 6.46. The van der Waals surface area contributed by atoms with E-state index in [1.807, 2.05) is 0 Å². The van der Waals surface area contributed by atoms with Crippen LogP contribution in [0.1, 0.15) is 32.8 Å². The van der Waals surface area contributed by atoms with Gasteiger partial charge in [0.1, 0.15) is 5.60 Å². The Hall–Kier alpha value is -2.05. The fourth-order valence-corrected chi connectivity index (χ4v) is 1.54. The van der Waals surface area contributed by atoms with E-state index in [2.05, 4.69) is 10.3 Å². The fraction of sp³-hybridized carbons (Fsp3) is 0.615. The van der Waals surface area contributed by atoms with Gasteiger partial charge in [0.25, 0.3) is 5.56 Å². The molecule has 0 bridgehead atoms. The number of H-pyrrole nitrogens is 1. The number of aryl methyl sites for hydroxylation is 2. The Morgan fingerprint density at radius 1 is 1.40 bits per heavy atom. The van der Waals surface area contributed by atoms with Gasteiger partial charge >= 0.3 is 11.8 Å². The molecule has 1 aromatic rings. The summed E-state index contributed by atoms with van der Waals surface area (Å²) in [7, 11) is 0. The van der Waals surface area contributed by atoms with Crippen LogP contribution in [0.4, 0.5) is 4.79 Å². The lowest BCUT2D eigenvalue weighted by Gasteiger charge is -2.19. The molecule has 0 saturated heterocycles. The summed E-state index contributed by atoms with van der Waals surface area (Å²) in [5.74, 6) is 0. The second-order valence-electron chi connectivity index (χ2n) is 5.55. The van der Waals surface area contributed by atoms with E-state index in [1.165, 1.54) is 10.8 Å². The van der Waals surface area contributed by atoms with Crippen LogP contribution < -0.4 is 16.6 Å². The molecule has 0 saturated carbocycles. The Morgan fingerprint density at radius 3 is 2.65 bits per heavy atom. The van der Waals surface area contributed by atoms with Crippen molar-refractivity contribution in [3.8, 4) is 0 Å². The predicted molar refractivity (Wildman–Crippen MR) is 74.9 cm³/mol. The van der Waals surface area contributed by atoms with Gasteiger partial charge in [-0.05, 0) is 34.1 Å². The number of carbonyl (C=O) groups excluding carboxylic acids is 1. The molecule has 0 unspecified atom stereocenters. The second kappa shape index (κ2) is 6.40. The third kappa shape index (κ3) is 5.29. The Bertz CT molecular complexity index is 581. The number of carbonyl (C=O) groups is 1. The van der Waals surface area contributed by atoms with E-state index >= 15 is 0 Å². The van der Waals surface area contributed by atoms with Crippen molar-refractivity contribution in [1.29, 1.82) is 0 Å². The van der Waals surface area contributed by atoms with Crippen LogP contribution in [0.5, 0.6) is 0 Å². The summed E-state index contributed by atoms with van der Waals surface area (Å²) >= 11 is 0. The van der Waals surface area contributed by atoms with Gasteiger partial charge in [-0.15, -0.1) is 0 Å². The van der Waals surface area contributed by atoms with Gasteiger partial charge in [-0.1, -0.05) is 0 Å². The van der Waals surface area contributed by atoms with E-state index in [0.717, 1.165) is 0 Å². The summed E-state index contributed by atoms with van der Waals surface area (Å²) in [6.07, 6.45) is 1.58. The standard InChI is InChI=1S/C13H21N3O4/c1-9-8-16(11(18)15-10(9)17)7-5-6-14-12(19)20-13(2,3)4/h8H,5-7H2,1-4H3,(H,14,19)(H,15,17,18). The van der Waals surface area contributed by atoms with Crippen molar-refractivity contribution in [2.24, 2.45) is 0 Å². The van der Waals surface area contributed by atoms with Crippen LogP contribution in [0.2, 0.25) is 0 Å². The Labute approximate surface area is 117 Å². The van der Waals surface area contributed by atoms with Crippen LogP contribution in [-0.4, -0.2) is 27.8 Å². The number of alkyl carbamates (subject to hydrolysis) is 1. The second-order valence-corrected chi connectivity index (χ2v) is 5.55. The van der Waals surface area contributed by atoms with Crippen molar-refractivity contribution in [3.63, 3.8) is 0 Å². The average Bonchev–Trinajstić information content (AvgIpc) is 2.28. The van der Waals surface area contributed by atoms with E-state index < -0.39 is 17.4 Å². The van der Waals surface area contributed by atoms with Gasteiger partial charge in [0, 0.05) is 24.8 Å². The molecule has 0 spiro atoms. The van der Waals surface area contributed by atoms with Crippen molar-refractivity contribution >= 4 is 6.09 Å². The first kappa shape index (κ1) is 16.0. The summed E-state index contributed by atoms with van der Waals surface area (Å²) in [5.41, 5.74) is -0.877. The molecule has 20 heavy (non-hydrogen) atoms. The lowest BCUT2D eigenvalue weighted by atomic mass is 10.2. The zero-order chi connectivity index (χ0) is 15.3. The molecule has 1 heterocycles. The molecule has 0 fully saturated rings. The van der Waals surface area contributed by atoms with Gasteiger partial charge in [-0.3, -0.25) is 9.78 Å². The molecule has 0 aliphatic heterocycles. The normalized spacial score (nSPS) is 11.2. The Morgan fingerprint density at radius 2 is 2.05 bits per heavy atom. The number of aromatic nitrogens is 2. The molecule has 1 aromatic heterocycles. The largest absolute Gasteiger partial charge is 0.444 e. The monoisotopic (exact) mass is 283 g/mol. The minimum atomic E-state index is -0.531. The number of ether oxygens (including phenoxy) is 1. The van der Waals surface area contributed by atoms with Gasteiger partial charge in [-0.25, -0.2) is 9.59 Å². The number of amides is 1. The van der Waals surface area contributed by atoms with Crippen LogP contribution in [0, 0.1) is 6.92 Å². The quantitative estimate of drug-likeness (QED) is 0.798. The summed E-state index contributed by atoms with van der Waals surface area (Å²) in [4.78, 5) is 36.3. The van der Waals surface area contributed by atoms with E-state index in [0.29, 0.717) is 25.1 Å². The molecule has 0 aliphatic carbocycles. The summed E-state index contributed by atoms with van der Waals surface area (Å²) in [6, 6.07) is 0. The summed E-state index contributed by atoms with van der Waals surface area (Å²) in [6.45, 7) is 7.79. The van der Waals surface area contributed by atoms with Gasteiger partial charge < -0.3 is 14.6 Å². The first-order chi connectivity index (χ1) is 9.19. The molecule has 0 aromatic carbocycles. The zero-order valence-corrected chi connectivity index (χ0v) is 12.3. The minimum absolute atomic E-state index is 0.377. The zero-order valence-electron chi connectivity index (χ0n) is 12.3. The first-order valence-corrected chi connectivity index (χ1v) is 6.46. The molecule has 7 heteroatoms.